The van der Waals surface area contributed by atoms with E-state index in [4.69, 9.17) is 9.47 Å². The van der Waals surface area contributed by atoms with E-state index in [0.29, 0.717) is 6.54 Å². The maximum atomic E-state index is 5.60. The second-order valence-corrected chi connectivity index (χ2v) is 4.83. The first kappa shape index (κ1) is 15.9. The molecule has 0 fully saturated rings. The van der Waals surface area contributed by atoms with E-state index in [2.05, 4.69) is 17.5 Å². The zero-order valence-electron chi connectivity index (χ0n) is 13.1. The molecule has 0 unspecified atom stereocenters. The molecule has 0 atom stereocenters. The molecule has 0 amide bonds. The highest BCUT2D eigenvalue weighted by atomic mass is 16.5. The van der Waals surface area contributed by atoms with Crippen molar-refractivity contribution < 1.29 is 9.47 Å². The van der Waals surface area contributed by atoms with Gasteiger partial charge in [-0.25, -0.2) is 0 Å². The van der Waals surface area contributed by atoms with Gasteiger partial charge in [0.15, 0.2) is 0 Å². The van der Waals surface area contributed by atoms with Crippen molar-refractivity contribution in [1.82, 2.24) is 5.43 Å². The molecular formula is C18H22N2O2. The smallest absolute Gasteiger partial charge is 0.123 e. The number of nitrogens with one attached hydrogen (secondary N) is 1. The van der Waals surface area contributed by atoms with Crippen molar-refractivity contribution in [2.24, 2.45) is 5.10 Å². The molecule has 0 spiro atoms. The molecule has 0 aliphatic carbocycles. The Balaban J connectivity index is 1.89. The Kier molecular flexibility index (Phi) is 6.30. The van der Waals surface area contributed by atoms with Gasteiger partial charge in [-0.3, -0.25) is 0 Å². The molecule has 0 aliphatic rings. The van der Waals surface area contributed by atoms with Crippen LogP contribution >= 0.6 is 0 Å². The first-order chi connectivity index (χ1) is 10.8. The zero-order chi connectivity index (χ0) is 15.6. The summed E-state index contributed by atoms with van der Waals surface area (Å²) in [5.74, 6) is 1.73. The van der Waals surface area contributed by atoms with Gasteiger partial charge < -0.3 is 14.9 Å². The predicted octanol–water partition coefficient (Wildman–Crippen LogP) is 3.61. The van der Waals surface area contributed by atoms with Crippen LogP contribution in [0.25, 0.3) is 0 Å². The SMILES string of the molecule is CCCOc1cccc(/C=N\NCc2ccccc2OC)c1. The molecule has 0 saturated carbocycles. The van der Waals surface area contributed by atoms with Gasteiger partial charge in [-0.2, -0.15) is 5.10 Å². The Labute approximate surface area is 131 Å². The summed E-state index contributed by atoms with van der Waals surface area (Å²) < 4.78 is 10.9. The van der Waals surface area contributed by atoms with Gasteiger partial charge in [-0.15, -0.1) is 0 Å². The Bertz CT molecular complexity index is 612. The second-order valence-electron chi connectivity index (χ2n) is 4.83. The van der Waals surface area contributed by atoms with E-state index < -0.39 is 0 Å². The normalized spacial score (nSPS) is 10.6. The van der Waals surface area contributed by atoms with Crippen molar-refractivity contribution in [3.05, 3.63) is 59.7 Å². The summed E-state index contributed by atoms with van der Waals surface area (Å²) >= 11 is 0. The lowest BCUT2D eigenvalue weighted by molar-refractivity contribution is 0.317. The van der Waals surface area contributed by atoms with Crippen molar-refractivity contribution in [3.8, 4) is 11.5 Å². The highest BCUT2D eigenvalue weighted by molar-refractivity contribution is 5.79. The standard InChI is InChI=1S/C18H22N2O2/c1-3-11-22-17-9-6-7-15(12-17)13-19-20-14-16-8-4-5-10-18(16)21-2/h4-10,12-13,20H,3,11,14H2,1-2H3/b19-13-. The van der Waals surface area contributed by atoms with Crippen LogP contribution in [-0.2, 0) is 6.54 Å². The van der Waals surface area contributed by atoms with E-state index in [0.717, 1.165) is 35.7 Å². The number of rotatable bonds is 8. The van der Waals surface area contributed by atoms with Crippen LogP contribution in [0, 0.1) is 0 Å². The van der Waals surface area contributed by atoms with Crippen molar-refractivity contribution in [3.63, 3.8) is 0 Å². The molecule has 0 aromatic heterocycles. The quantitative estimate of drug-likeness (QED) is 0.598. The van der Waals surface area contributed by atoms with Crippen molar-refractivity contribution in [1.29, 1.82) is 0 Å². The third-order valence-electron chi connectivity index (χ3n) is 3.10. The van der Waals surface area contributed by atoms with Gasteiger partial charge in [0, 0.05) is 5.56 Å². The monoisotopic (exact) mass is 298 g/mol. The highest BCUT2D eigenvalue weighted by Gasteiger charge is 1.99. The molecular weight excluding hydrogens is 276 g/mol. The molecule has 0 saturated heterocycles. The summed E-state index contributed by atoms with van der Waals surface area (Å²) in [6.45, 7) is 3.44. The van der Waals surface area contributed by atoms with Gasteiger partial charge >= 0.3 is 0 Å². The molecule has 4 nitrogen and oxygen atoms in total. The summed E-state index contributed by atoms with van der Waals surface area (Å²) in [6.07, 6.45) is 2.78. The number of hydrazone groups is 1. The fourth-order valence-corrected chi connectivity index (χ4v) is 2.00. The largest absolute Gasteiger partial charge is 0.496 e. The van der Waals surface area contributed by atoms with Crippen LogP contribution in [0.5, 0.6) is 11.5 Å². The third kappa shape index (κ3) is 4.81. The Morgan fingerprint density at radius 2 is 2.00 bits per heavy atom. The molecule has 0 radical (unpaired) electrons. The number of benzene rings is 2. The maximum absolute atomic E-state index is 5.60. The fourth-order valence-electron chi connectivity index (χ4n) is 2.00. The Morgan fingerprint density at radius 3 is 2.82 bits per heavy atom. The van der Waals surface area contributed by atoms with Crippen LogP contribution < -0.4 is 14.9 Å². The molecule has 1 N–H and O–H groups in total. The minimum Gasteiger partial charge on any atom is -0.496 e. The molecule has 0 heterocycles. The summed E-state index contributed by atoms with van der Waals surface area (Å²) in [7, 11) is 1.67. The summed E-state index contributed by atoms with van der Waals surface area (Å²) in [4.78, 5) is 0. The van der Waals surface area contributed by atoms with Gasteiger partial charge in [-0.1, -0.05) is 37.3 Å². The number of para-hydroxylation sites is 1. The van der Waals surface area contributed by atoms with Gasteiger partial charge in [-0.05, 0) is 30.2 Å². The Hall–Kier alpha value is -2.49. The van der Waals surface area contributed by atoms with Gasteiger partial charge in [0.25, 0.3) is 0 Å². The van der Waals surface area contributed by atoms with Crippen molar-refractivity contribution >= 4 is 6.21 Å². The molecule has 2 aromatic rings. The first-order valence-electron chi connectivity index (χ1n) is 7.44. The average Bonchev–Trinajstić information content (AvgIpc) is 2.57. The molecule has 22 heavy (non-hydrogen) atoms. The average molecular weight is 298 g/mol. The van der Waals surface area contributed by atoms with E-state index in [9.17, 15) is 0 Å². The van der Waals surface area contributed by atoms with E-state index in [1.54, 1.807) is 13.3 Å². The van der Waals surface area contributed by atoms with Gasteiger partial charge in [0.1, 0.15) is 11.5 Å². The van der Waals surface area contributed by atoms with Gasteiger partial charge in [0.2, 0.25) is 0 Å². The van der Waals surface area contributed by atoms with Crippen LogP contribution in [0.2, 0.25) is 0 Å². The molecule has 2 rings (SSSR count). The summed E-state index contributed by atoms with van der Waals surface area (Å²) in [6, 6.07) is 15.8. The number of methoxy groups -OCH3 is 1. The first-order valence-corrected chi connectivity index (χ1v) is 7.44. The van der Waals surface area contributed by atoms with Crippen LogP contribution in [0.15, 0.2) is 53.6 Å². The lowest BCUT2D eigenvalue weighted by atomic mass is 10.2. The number of hydrogen-bond donors (Lipinski definition) is 1. The van der Waals surface area contributed by atoms with Crippen molar-refractivity contribution in [2.45, 2.75) is 19.9 Å². The van der Waals surface area contributed by atoms with Crippen LogP contribution in [-0.4, -0.2) is 19.9 Å². The van der Waals surface area contributed by atoms with E-state index in [-0.39, 0.29) is 0 Å². The number of ether oxygens (including phenoxy) is 2. The molecule has 116 valence electrons. The molecule has 0 bridgehead atoms. The zero-order valence-corrected chi connectivity index (χ0v) is 13.1. The van der Waals surface area contributed by atoms with E-state index >= 15 is 0 Å². The summed E-state index contributed by atoms with van der Waals surface area (Å²) in [5.41, 5.74) is 5.11. The minimum atomic E-state index is 0.618. The van der Waals surface area contributed by atoms with Crippen LogP contribution in [0.3, 0.4) is 0 Å². The fraction of sp³-hybridized carbons (Fsp3) is 0.278. The summed E-state index contributed by atoms with van der Waals surface area (Å²) in [5, 5.41) is 4.25. The third-order valence-corrected chi connectivity index (χ3v) is 3.10. The molecule has 0 aliphatic heterocycles. The minimum absolute atomic E-state index is 0.618. The number of hydrogen-bond acceptors (Lipinski definition) is 4. The van der Waals surface area contributed by atoms with Crippen LogP contribution in [0.1, 0.15) is 24.5 Å². The topological polar surface area (TPSA) is 42.8 Å². The molecule has 2 aromatic carbocycles. The highest BCUT2D eigenvalue weighted by Crippen LogP contribution is 2.16. The van der Waals surface area contributed by atoms with E-state index in [1.165, 1.54) is 0 Å². The maximum Gasteiger partial charge on any atom is 0.123 e. The van der Waals surface area contributed by atoms with E-state index in [1.807, 2.05) is 48.5 Å². The second kappa shape index (κ2) is 8.72. The van der Waals surface area contributed by atoms with Crippen LogP contribution in [0.4, 0.5) is 0 Å². The molecule has 4 heteroatoms. The lowest BCUT2D eigenvalue weighted by Gasteiger charge is -2.07. The predicted molar refractivity (Wildman–Crippen MR) is 89.7 cm³/mol. The lowest BCUT2D eigenvalue weighted by Crippen LogP contribution is -2.06. The number of nitrogens with zero attached hydrogens (tertiary/aromatic N) is 1. The van der Waals surface area contributed by atoms with Gasteiger partial charge in [0.05, 0.1) is 26.5 Å². The van der Waals surface area contributed by atoms with Crippen molar-refractivity contribution in [2.75, 3.05) is 13.7 Å². The Morgan fingerprint density at radius 1 is 1.14 bits per heavy atom.